The highest BCUT2D eigenvalue weighted by atomic mass is 35.5. The molecule has 30 heavy (non-hydrogen) atoms. The molecule has 0 spiro atoms. The maximum absolute atomic E-state index is 13.8. The molecule has 1 fully saturated rings. The summed E-state index contributed by atoms with van der Waals surface area (Å²) < 4.78 is 68.1. The number of nitrogens with zero attached hydrogens (tertiary/aromatic N) is 2. The number of pyridine rings is 1. The van der Waals surface area contributed by atoms with Gasteiger partial charge in [0, 0.05) is 29.9 Å². The molecule has 0 atom stereocenters. The molecule has 0 amide bonds. The van der Waals surface area contributed by atoms with Gasteiger partial charge < -0.3 is 4.90 Å². The number of aromatic nitrogens is 1. The lowest BCUT2D eigenvalue weighted by atomic mass is 9.93. The Morgan fingerprint density at radius 3 is 2.50 bits per heavy atom. The van der Waals surface area contributed by atoms with Crippen molar-refractivity contribution in [2.75, 3.05) is 30.9 Å². The number of rotatable bonds is 6. The highest BCUT2D eigenvalue weighted by Gasteiger charge is 2.37. The Labute approximate surface area is 178 Å². The molecule has 0 bridgehead atoms. The van der Waals surface area contributed by atoms with Crippen LogP contribution < -0.4 is 4.90 Å². The first kappa shape index (κ1) is 22.8. The average molecular weight is 463 g/mol. The topological polar surface area (TPSA) is 59.5 Å². The normalized spacial score (nSPS) is 16.1. The SMILES string of the molecule is CS(=O)(=O)OCCC1CCN(c2ncc(-c3cccc(Cl)c3)cc2C(F)(F)F)CC1. The van der Waals surface area contributed by atoms with Crippen molar-refractivity contribution in [1.82, 2.24) is 4.98 Å². The lowest BCUT2D eigenvalue weighted by Gasteiger charge is -2.34. The summed E-state index contributed by atoms with van der Waals surface area (Å²) in [5.41, 5.74) is 0.136. The molecule has 1 aliphatic rings. The average Bonchev–Trinajstić information content (AvgIpc) is 2.66. The number of piperidine rings is 1. The van der Waals surface area contributed by atoms with Crippen LogP contribution >= 0.6 is 11.6 Å². The fourth-order valence-corrected chi connectivity index (χ4v) is 4.13. The maximum Gasteiger partial charge on any atom is 0.419 e. The van der Waals surface area contributed by atoms with Crippen molar-refractivity contribution < 1.29 is 25.8 Å². The van der Waals surface area contributed by atoms with Gasteiger partial charge in [0.05, 0.1) is 18.4 Å². The van der Waals surface area contributed by atoms with Crippen LogP contribution in [0.25, 0.3) is 11.1 Å². The molecule has 0 aliphatic carbocycles. The molecule has 10 heteroatoms. The van der Waals surface area contributed by atoms with Crippen molar-refractivity contribution in [3.63, 3.8) is 0 Å². The highest BCUT2D eigenvalue weighted by molar-refractivity contribution is 7.85. The number of anilines is 1. The standard InChI is InChI=1S/C20H22ClF3N2O3S/c1-30(27,28)29-10-7-14-5-8-26(9-6-14)19-18(20(22,23)24)12-16(13-25-19)15-3-2-4-17(21)11-15/h2-4,11-14H,5-10H2,1H3. The Bertz CT molecular complexity index is 991. The van der Waals surface area contributed by atoms with Crippen LogP contribution in [0.2, 0.25) is 5.02 Å². The minimum atomic E-state index is -4.54. The summed E-state index contributed by atoms with van der Waals surface area (Å²) in [6, 6.07) is 7.73. The first-order valence-electron chi connectivity index (χ1n) is 9.45. The summed E-state index contributed by atoms with van der Waals surface area (Å²) in [5, 5.41) is 0.437. The van der Waals surface area contributed by atoms with Gasteiger partial charge in [-0.2, -0.15) is 21.6 Å². The largest absolute Gasteiger partial charge is 0.419 e. The van der Waals surface area contributed by atoms with Crippen molar-refractivity contribution in [3.05, 3.63) is 47.1 Å². The minimum Gasteiger partial charge on any atom is -0.356 e. The Hall–Kier alpha value is -1.84. The zero-order valence-electron chi connectivity index (χ0n) is 16.3. The summed E-state index contributed by atoms with van der Waals surface area (Å²) in [4.78, 5) is 5.79. The quantitative estimate of drug-likeness (QED) is 0.565. The second-order valence-electron chi connectivity index (χ2n) is 7.35. The van der Waals surface area contributed by atoms with Crippen LogP contribution in [0.4, 0.5) is 19.0 Å². The maximum atomic E-state index is 13.8. The second kappa shape index (κ2) is 9.11. The van der Waals surface area contributed by atoms with Crippen molar-refractivity contribution >= 4 is 27.5 Å². The minimum absolute atomic E-state index is 0.0842. The summed E-state index contributed by atoms with van der Waals surface area (Å²) in [5.74, 6) is 0.113. The van der Waals surface area contributed by atoms with Crippen molar-refractivity contribution in [2.45, 2.75) is 25.4 Å². The van der Waals surface area contributed by atoms with E-state index in [2.05, 4.69) is 4.98 Å². The summed E-state index contributed by atoms with van der Waals surface area (Å²) in [7, 11) is -3.48. The van der Waals surface area contributed by atoms with E-state index in [0.29, 0.717) is 48.5 Å². The first-order valence-corrected chi connectivity index (χ1v) is 11.6. The predicted octanol–water partition coefficient (Wildman–Crippen LogP) is 5.00. The molecule has 0 unspecified atom stereocenters. The van der Waals surface area contributed by atoms with E-state index in [9.17, 15) is 21.6 Å². The summed E-state index contributed by atoms with van der Waals surface area (Å²) in [6.07, 6.45) is -0.287. The fraction of sp³-hybridized carbons (Fsp3) is 0.450. The van der Waals surface area contributed by atoms with E-state index in [-0.39, 0.29) is 18.3 Å². The molecule has 0 radical (unpaired) electrons. The van der Waals surface area contributed by atoms with Gasteiger partial charge in [-0.25, -0.2) is 4.98 Å². The second-order valence-corrected chi connectivity index (χ2v) is 9.43. The third kappa shape index (κ3) is 6.09. The van der Waals surface area contributed by atoms with Crippen molar-refractivity contribution in [3.8, 4) is 11.1 Å². The van der Waals surface area contributed by atoms with Gasteiger partial charge in [-0.15, -0.1) is 0 Å². The molecule has 2 aromatic rings. The van der Waals surface area contributed by atoms with Crippen LogP contribution in [0.3, 0.4) is 0 Å². The highest BCUT2D eigenvalue weighted by Crippen LogP contribution is 2.39. The van der Waals surface area contributed by atoms with Gasteiger partial charge >= 0.3 is 6.18 Å². The molecule has 5 nitrogen and oxygen atoms in total. The summed E-state index contributed by atoms with van der Waals surface area (Å²) >= 11 is 5.96. The van der Waals surface area contributed by atoms with Gasteiger partial charge in [0.25, 0.3) is 10.1 Å². The monoisotopic (exact) mass is 462 g/mol. The Balaban J connectivity index is 1.75. The molecule has 0 saturated carbocycles. The van der Waals surface area contributed by atoms with E-state index >= 15 is 0 Å². The summed E-state index contributed by atoms with van der Waals surface area (Å²) in [6.45, 7) is 0.913. The number of alkyl halides is 3. The number of benzene rings is 1. The molecule has 1 aliphatic heterocycles. The first-order chi connectivity index (χ1) is 14.0. The Morgan fingerprint density at radius 2 is 1.90 bits per heavy atom. The van der Waals surface area contributed by atoms with E-state index in [4.69, 9.17) is 15.8 Å². The van der Waals surface area contributed by atoms with Gasteiger partial charge in [0.2, 0.25) is 0 Å². The fourth-order valence-electron chi connectivity index (χ4n) is 3.54. The van der Waals surface area contributed by atoms with Crippen LogP contribution in [0.15, 0.2) is 36.5 Å². The third-order valence-corrected chi connectivity index (χ3v) is 5.90. The lowest BCUT2D eigenvalue weighted by molar-refractivity contribution is -0.137. The molecule has 1 aromatic heterocycles. The van der Waals surface area contributed by atoms with E-state index in [0.717, 1.165) is 12.3 Å². The molecular weight excluding hydrogens is 441 g/mol. The molecule has 3 rings (SSSR count). The van der Waals surface area contributed by atoms with Gasteiger partial charge in [-0.3, -0.25) is 4.18 Å². The zero-order valence-corrected chi connectivity index (χ0v) is 17.9. The molecule has 1 aromatic carbocycles. The zero-order chi connectivity index (χ0) is 21.9. The molecular formula is C20H22ClF3N2O3S. The number of hydrogen-bond donors (Lipinski definition) is 0. The Morgan fingerprint density at radius 1 is 1.20 bits per heavy atom. The van der Waals surface area contributed by atoms with Gasteiger partial charge in [0.15, 0.2) is 0 Å². The predicted molar refractivity (Wildman–Crippen MR) is 110 cm³/mol. The van der Waals surface area contributed by atoms with Crippen LogP contribution in [-0.4, -0.2) is 39.4 Å². The number of hydrogen-bond acceptors (Lipinski definition) is 5. The van der Waals surface area contributed by atoms with Crippen molar-refractivity contribution in [1.29, 1.82) is 0 Å². The smallest absolute Gasteiger partial charge is 0.356 e. The molecule has 2 heterocycles. The molecule has 0 N–H and O–H groups in total. The van der Waals surface area contributed by atoms with E-state index < -0.39 is 21.9 Å². The van der Waals surface area contributed by atoms with E-state index in [1.165, 1.54) is 6.20 Å². The van der Waals surface area contributed by atoms with Crippen LogP contribution in [0.1, 0.15) is 24.8 Å². The van der Waals surface area contributed by atoms with Gasteiger partial charge in [-0.05, 0) is 48.9 Å². The van der Waals surface area contributed by atoms with E-state index in [1.54, 1.807) is 29.2 Å². The van der Waals surface area contributed by atoms with Gasteiger partial charge in [-0.1, -0.05) is 23.7 Å². The Kier molecular flexibility index (Phi) is 6.94. The van der Waals surface area contributed by atoms with Crippen LogP contribution in [0, 0.1) is 5.92 Å². The lowest BCUT2D eigenvalue weighted by Crippen LogP contribution is -2.36. The molecule has 1 saturated heterocycles. The van der Waals surface area contributed by atoms with Crippen LogP contribution in [0.5, 0.6) is 0 Å². The van der Waals surface area contributed by atoms with Crippen LogP contribution in [-0.2, 0) is 20.5 Å². The number of halogens is 4. The molecule has 164 valence electrons. The van der Waals surface area contributed by atoms with Gasteiger partial charge in [0.1, 0.15) is 5.82 Å². The van der Waals surface area contributed by atoms with E-state index in [1.807, 2.05) is 0 Å². The third-order valence-electron chi connectivity index (χ3n) is 5.07. The van der Waals surface area contributed by atoms with Crippen molar-refractivity contribution in [2.24, 2.45) is 5.92 Å².